The smallest absolute Gasteiger partial charge is 0.290 e. The molecule has 3 fully saturated rings. The first-order chi connectivity index (χ1) is 15.5. The second-order valence-electron chi connectivity index (χ2n) is 8.91. The average Bonchev–Trinajstić information content (AvgIpc) is 3.47. The van der Waals surface area contributed by atoms with Crippen LogP contribution in [0.1, 0.15) is 36.2 Å². The number of aliphatic hydroxyl groups excluding tert-OH is 1. The minimum atomic E-state index is -0.275. The van der Waals surface area contributed by atoms with Gasteiger partial charge in [0, 0.05) is 30.6 Å². The number of hydrogen-bond donors (Lipinski definition) is 2. The molecule has 1 aromatic heterocycles. The summed E-state index contributed by atoms with van der Waals surface area (Å²) in [6, 6.07) is 9.76. The van der Waals surface area contributed by atoms with E-state index in [1.165, 1.54) is 12.8 Å². The fourth-order valence-electron chi connectivity index (χ4n) is 5.62. The van der Waals surface area contributed by atoms with Crippen LogP contribution in [0.15, 0.2) is 30.3 Å². The number of hydrogen-bond acceptors (Lipinski definition) is 6. The maximum absolute atomic E-state index is 13.3. The number of methoxy groups -OCH3 is 1. The Balaban J connectivity index is 0.000000775. The molecule has 2 N–H and O–H groups in total. The van der Waals surface area contributed by atoms with Crippen molar-refractivity contribution in [2.24, 2.45) is 11.8 Å². The lowest BCUT2D eigenvalue weighted by atomic mass is 9.77. The summed E-state index contributed by atoms with van der Waals surface area (Å²) in [6.07, 6.45) is 3.98. The highest BCUT2D eigenvalue weighted by Gasteiger charge is 2.45. The minimum absolute atomic E-state index is 0.0318. The van der Waals surface area contributed by atoms with Crippen LogP contribution in [0.3, 0.4) is 0 Å². The van der Waals surface area contributed by atoms with E-state index in [2.05, 4.69) is 9.88 Å². The number of amides is 1. The van der Waals surface area contributed by atoms with E-state index in [-0.39, 0.29) is 24.5 Å². The van der Waals surface area contributed by atoms with E-state index in [1.54, 1.807) is 13.2 Å². The molecule has 2 aliphatic heterocycles. The van der Waals surface area contributed by atoms with Gasteiger partial charge in [-0.15, -0.1) is 0 Å². The zero-order valence-corrected chi connectivity index (χ0v) is 18.4. The Kier molecular flexibility index (Phi) is 6.91. The van der Waals surface area contributed by atoms with Crippen LogP contribution in [0.4, 0.5) is 0 Å². The van der Waals surface area contributed by atoms with Crippen molar-refractivity contribution in [3.05, 3.63) is 36.0 Å². The summed E-state index contributed by atoms with van der Waals surface area (Å²) in [7, 11) is 1.63. The molecule has 1 saturated carbocycles. The van der Waals surface area contributed by atoms with Crippen LogP contribution in [-0.4, -0.2) is 82.8 Å². The first-order valence-electron chi connectivity index (χ1n) is 11.3. The van der Waals surface area contributed by atoms with Crippen molar-refractivity contribution in [3.8, 4) is 5.75 Å². The Morgan fingerprint density at radius 1 is 1.16 bits per heavy atom. The predicted molar refractivity (Wildman–Crippen MR) is 120 cm³/mol. The topological polar surface area (TPSA) is 103 Å². The van der Waals surface area contributed by atoms with Gasteiger partial charge in [0.25, 0.3) is 12.4 Å². The van der Waals surface area contributed by atoms with Gasteiger partial charge in [-0.25, -0.2) is 4.98 Å². The number of aromatic nitrogens is 1. The summed E-state index contributed by atoms with van der Waals surface area (Å²) in [5.41, 5.74) is 1.21. The molecule has 0 unspecified atom stereocenters. The van der Waals surface area contributed by atoms with Crippen LogP contribution in [0, 0.1) is 11.8 Å². The normalized spacial score (nSPS) is 27.5. The van der Waals surface area contributed by atoms with E-state index in [4.69, 9.17) is 14.6 Å². The van der Waals surface area contributed by atoms with Crippen LogP contribution < -0.4 is 4.74 Å². The van der Waals surface area contributed by atoms with Crippen LogP contribution in [0.25, 0.3) is 10.9 Å². The van der Waals surface area contributed by atoms with Gasteiger partial charge in [0.15, 0.2) is 0 Å². The van der Waals surface area contributed by atoms with Crippen LogP contribution >= 0.6 is 0 Å². The van der Waals surface area contributed by atoms with Gasteiger partial charge >= 0.3 is 0 Å². The van der Waals surface area contributed by atoms with Gasteiger partial charge in [0.1, 0.15) is 11.4 Å². The molecule has 0 spiro atoms. The van der Waals surface area contributed by atoms with Crippen LogP contribution in [-0.2, 0) is 4.79 Å². The number of para-hydroxylation sites is 1. The Morgan fingerprint density at radius 2 is 1.81 bits per heavy atom. The van der Waals surface area contributed by atoms with Crippen molar-refractivity contribution in [2.75, 3.05) is 33.3 Å². The van der Waals surface area contributed by atoms with Gasteiger partial charge in [-0.2, -0.15) is 0 Å². The summed E-state index contributed by atoms with van der Waals surface area (Å²) in [5.74, 6) is 1.50. The highest BCUT2D eigenvalue weighted by atomic mass is 16.5. The van der Waals surface area contributed by atoms with Crippen molar-refractivity contribution < 1.29 is 24.5 Å². The van der Waals surface area contributed by atoms with Gasteiger partial charge in [-0.1, -0.05) is 12.1 Å². The number of fused-ring (bicyclic) bond motifs is 2. The molecule has 3 heterocycles. The monoisotopic (exact) mass is 441 g/mol. The molecule has 0 radical (unpaired) electrons. The molecule has 8 heteroatoms. The third kappa shape index (κ3) is 4.42. The standard InChI is InChI=1S/C23H29N3O3.CH2O2/c1-29-22-12-19(24-18-7-3-2-6-17(18)22)23(28)26-13-15-10-20(25-8-4-5-9-25)21(27)11-16(15)14-26;2-1-3/h2-3,6-7,12,15-16,20-21,27H,4-5,8-11,13-14H2,1H3;1H,(H,2,3)/t15-,16+,20-,21-;/m1./s1. The molecule has 8 nitrogen and oxygen atoms in total. The third-order valence-electron chi connectivity index (χ3n) is 7.12. The summed E-state index contributed by atoms with van der Waals surface area (Å²) < 4.78 is 5.51. The summed E-state index contributed by atoms with van der Waals surface area (Å²) in [4.78, 5) is 30.6. The minimum Gasteiger partial charge on any atom is -0.496 e. The van der Waals surface area contributed by atoms with E-state index in [0.717, 1.165) is 43.4 Å². The maximum Gasteiger partial charge on any atom is 0.290 e. The SMILES string of the molecule is COc1cc(C(=O)N2C[C@H]3C[C@@H](N4CCCC4)[C@H](O)C[C@H]3C2)nc2ccccc12.O=CO. The predicted octanol–water partition coefficient (Wildman–Crippen LogP) is 2.25. The van der Waals surface area contributed by atoms with Gasteiger partial charge in [0.05, 0.1) is 18.7 Å². The maximum atomic E-state index is 13.3. The van der Waals surface area contributed by atoms with Crippen molar-refractivity contribution in [1.82, 2.24) is 14.8 Å². The highest BCUT2D eigenvalue weighted by molar-refractivity contribution is 5.97. The molecule has 172 valence electrons. The molecule has 0 bridgehead atoms. The molecule has 5 rings (SSSR count). The number of pyridine rings is 1. The molecule has 1 aliphatic carbocycles. The fraction of sp³-hybridized carbons (Fsp3) is 0.542. The summed E-state index contributed by atoms with van der Waals surface area (Å²) in [5, 5.41) is 18.5. The Labute approximate surface area is 187 Å². The zero-order chi connectivity index (χ0) is 22.7. The quantitative estimate of drug-likeness (QED) is 0.704. The molecule has 4 atom stereocenters. The zero-order valence-electron chi connectivity index (χ0n) is 18.4. The second-order valence-corrected chi connectivity index (χ2v) is 8.91. The van der Waals surface area contributed by atoms with E-state index in [9.17, 15) is 9.90 Å². The number of nitrogens with zero attached hydrogens (tertiary/aromatic N) is 3. The van der Waals surface area contributed by atoms with E-state index in [1.807, 2.05) is 29.2 Å². The van der Waals surface area contributed by atoms with Crippen molar-refractivity contribution in [1.29, 1.82) is 0 Å². The number of rotatable bonds is 3. The van der Waals surface area contributed by atoms with Crippen molar-refractivity contribution in [2.45, 2.75) is 37.8 Å². The molecule has 2 aromatic rings. The number of ether oxygens (including phenoxy) is 1. The first kappa shape index (κ1) is 22.5. The largest absolute Gasteiger partial charge is 0.496 e. The number of carboxylic acid groups (broad SMARTS) is 1. The lowest BCUT2D eigenvalue weighted by molar-refractivity contribution is -0.122. The van der Waals surface area contributed by atoms with Gasteiger partial charge in [0.2, 0.25) is 0 Å². The summed E-state index contributed by atoms with van der Waals surface area (Å²) in [6.45, 7) is 3.42. The lowest BCUT2D eigenvalue weighted by Crippen LogP contribution is -2.48. The second kappa shape index (κ2) is 9.83. The highest BCUT2D eigenvalue weighted by Crippen LogP contribution is 2.39. The number of benzene rings is 1. The third-order valence-corrected chi connectivity index (χ3v) is 7.12. The van der Waals surface area contributed by atoms with Crippen LogP contribution in [0.5, 0.6) is 5.75 Å². The van der Waals surface area contributed by atoms with E-state index in [0.29, 0.717) is 29.8 Å². The Hall–Kier alpha value is -2.71. The number of carbonyl (C=O) groups is 2. The van der Waals surface area contributed by atoms with Gasteiger partial charge in [-0.05, 0) is 62.7 Å². The van der Waals surface area contributed by atoms with E-state index < -0.39 is 0 Å². The molecule has 1 amide bonds. The lowest BCUT2D eigenvalue weighted by Gasteiger charge is -2.40. The molecule has 32 heavy (non-hydrogen) atoms. The van der Waals surface area contributed by atoms with Crippen LogP contribution in [0.2, 0.25) is 0 Å². The number of likely N-dealkylation sites (tertiary alicyclic amines) is 2. The van der Waals surface area contributed by atoms with Crippen molar-refractivity contribution >= 4 is 23.3 Å². The number of carbonyl (C=O) groups excluding carboxylic acids is 1. The van der Waals surface area contributed by atoms with E-state index >= 15 is 0 Å². The first-order valence-corrected chi connectivity index (χ1v) is 11.3. The number of aliphatic hydroxyl groups is 1. The molecular formula is C24H31N3O5. The Morgan fingerprint density at radius 3 is 2.50 bits per heavy atom. The fourth-order valence-corrected chi connectivity index (χ4v) is 5.62. The van der Waals surface area contributed by atoms with Gasteiger partial charge < -0.3 is 19.8 Å². The Bertz CT molecular complexity index is 962. The molecule has 1 aromatic carbocycles. The molecular weight excluding hydrogens is 410 g/mol. The molecule has 2 saturated heterocycles. The summed E-state index contributed by atoms with van der Waals surface area (Å²) >= 11 is 0. The molecule has 3 aliphatic rings. The average molecular weight is 442 g/mol. The van der Waals surface area contributed by atoms with Gasteiger partial charge in [-0.3, -0.25) is 14.5 Å². The van der Waals surface area contributed by atoms with Crippen molar-refractivity contribution in [3.63, 3.8) is 0 Å².